The molecule has 0 aliphatic rings. The van der Waals surface area contributed by atoms with Gasteiger partial charge in [-0.3, -0.25) is 4.79 Å². The molecule has 2 aromatic carbocycles. The van der Waals surface area contributed by atoms with E-state index in [4.69, 9.17) is 4.74 Å². The Kier molecular flexibility index (Phi) is 5.21. The van der Waals surface area contributed by atoms with Crippen molar-refractivity contribution in [3.05, 3.63) is 82.0 Å². The number of carbonyl (C=O) groups excluding carboxylic acids is 1. The number of ether oxygens (including phenoxy) is 1. The lowest BCUT2D eigenvalue weighted by Crippen LogP contribution is -2.10. The van der Waals surface area contributed by atoms with Gasteiger partial charge in [0.1, 0.15) is 12.2 Å². The molecule has 0 aliphatic heterocycles. The summed E-state index contributed by atoms with van der Waals surface area (Å²) in [5.74, 6) is 0.483. The number of rotatable bonds is 6. The Morgan fingerprint density at radius 2 is 1.81 bits per heavy atom. The van der Waals surface area contributed by atoms with Gasteiger partial charge < -0.3 is 4.74 Å². The highest BCUT2D eigenvalue weighted by atomic mass is 16.5. The number of hydrogen-bond acceptors (Lipinski definition) is 3. The highest BCUT2D eigenvalue weighted by molar-refractivity contribution is 6.11. The van der Waals surface area contributed by atoms with Gasteiger partial charge in [-0.1, -0.05) is 42.0 Å². The van der Waals surface area contributed by atoms with Gasteiger partial charge in [0.05, 0.1) is 6.20 Å². The van der Waals surface area contributed by atoms with Crippen LogP contribution >= 0.6 is 0 Å². The van der Waals surface area contributed by atoms with Gasteiger partial charge in [-0.15, -0.1) is 0 Å². The molecule has 134 valence electrons. The Morgan fingerprint density at radius 1 is 1.08 bits per heavy atom. The molecule has 0 amide bonds. The maximum atomic E-state index is 13.2. The standard InChI is InChI=1S/C22H24N2O2/c1-5-24-22(26-14-18-9-7-6-8-10-18)20(13-23-24)21(25)19-12-15(2)11-16(3)17(19)4/h6-13H,5,14H2,1-4H3. The van der Waals surface area contributed by atoms with Gasteiger partial charge >= 0.3 is 0 Å². The van der Waals surface area contributed by atoms with Crippen LogP contribution in [-0.2, 0) is 13.2 Å². The van der Waals surface area contributed by atoms with E-state index in [1.54, 1.807) is 10.9 Å². The lowest BCUT2D eigenvalue weighted by molar-refractivity contribution is 0.103. The Hall–Kier alpha value is -2.88. The van der Waals surface area contributed by atoms with Gasteiger partial charge in [-0.05, 0) is 50.5 Å². The SMILES string of the molecule is CCn1ncc(C(=O)c2cc(C)cc(C)c2C)c1OCc1ccccc1. The van der Waals surface area contributed by atoms with E-state index in [-0.39, 0.29) is 5.78 Å². The number of hydrogen-bond donors (Lipinski definition) is 0. The van der Waals surface area contributed by atoms with Crippen LogP contribution in [-0.4, -0.2) is 15.6 Å². The summed E-state index contributed by atoms with van der Waals surface area (Å²) in [5, 5.41) is 4.34. The molecule has 0 saturated carbocycles. The number of ketones is 1. The van der Waals surface area contributed by atoms with Crippen LogP contribution in [0.5, 0.6) is 5.88 Å². The molecule has 4 nitrogen and oxygen atoms in total. The molecule has 4 heteroatoms. The third-order valence-electron chi connectivity index (χ3n) is 4.61. The summed E-state index contributed by atoms with van der Waals surface area (Å²) in [6.45, 7) is 9.05. The second-order valence-corrected chi connectivity index (χ2v) is 6.54. The van der Waals surface area contributed by atoms with Crippen molar-refractivity contribution >= 4 is 5.78 Å². The molecule has 3 rings (SSSR count). The highest BCUT2D eigenvalue weighted by Gasteiger charge is 2.22. The van der Waals surface area contributed by atoms with Gasteiger partial charge in [0.15, 0.2) is 5.78 Å². The van der Waals surface area contributed by atoms with Crippen LogP contribution in [0.15, 0.2) is 48.7 Å². The van der Waals surface area contributed by atoms with Crippen molar-refractivity contribution < 1.29 is 9.53 Å². The van der Waals surface area contributed by atoms with E-state index < -0.39 is 0 Å². The maximum absolute atomic E-state index is 13.2. The number of aryl methyl sites for hydroxylation is 3. The summed E-state index contributed by atoms with van der Waals surface area (Å²) in [5.41, 5.74) is 5.46. The van der Waals surface area contributed by atoms with E-state index >= 15 is 0 Å². The van der Waals surface area contributed by atoms with Gasteiger partial charge in [0.2, 0.25) is 5.88 Å². The van der Waals surface area contributed by atoms with Gasteiger partial charge in [-0.25, -0.2) is 4.68 Å². The third-order valence-corrected chi connectivity index (χ3v) is 4.61. The predicted molar refractivity (Wildman–Crippen MR) is 103 cm³/mol. The normalized spacial score (nSPS) is 10.8. The molecule has 0 N–H and O–H groups in total. The number of nitrogens with zero attached hydrogens (tertiary/aromatic N) is 2. The van der Waals surface area contributed by atoms with E-state index in [1.165, 1.54) is 0 Å². The minimum Gasteiger partial charge on any atom is -0.472 e. The van der Waals surface area contributed by atoms with Crippen molar-refractivity contribution in [2.75, 3.05) is 0 Å². The molecule has 0 saturated heterocycles. The molecule has 0 radical (unpaired) electrons. The molecule has 26 heavy (non-hydrogen) atoms. The molecule has 0 aliphatic carbocycles. The van der Waals surface area contributed by atoms with E-state index in [2.05, 4.69) is 11.2 Å². The average molecular weight is 348 g/mol. The minimum atomic E-state index is -0.0444. The first kappa shape index (κ1) is 17.9. The molecular formula is C22H24N2O2. The number of carbonyl (C=O) groups is 1. The van der Waals surface area contributed by atoms with Crippen LogP contribution in [0.2, 0.25) is 0 Å². The largest absolute Gasteiger partial charge is 0.472 e. The molecule has 0 atom stereocenters. The second-order valence-electron chi connectivity index (χ2n) is 6.54. The van der Waals surface area contributed by atoms with E-state index in [1.807, 2.05) is 64.1 Å². The highest BCUT2D eigenvalue weighted by Crippen LogP contribution is 2.26. The van der Waals surface area contributed by atoms with E-state index in [9.17, 15) is 4.79 Å². The molecule has 1 heterocycles. The zero-order chi connectivity index (χ0) is 18.7. The smallest absolute Gasteiger partial charge is 0.223 e. The Bertz CT molecular complexity index is 927. The maximum Gasteiger partial charge on any atom is 0.223 e. The molecule has 0 fully saturated rings. The first-order chi connectivity index (χ1) is 12.5. The summed E-state index contributed by atoms with van der Waals surface area (Å²) in [6.07, 6.45) is 1.61. The van der Waals surface area contributed by atoms with Gasteiger partial charge in [0.25, 0.3) is 0 Å². The third kappa shape index (κ3) is 3.54. The summed E-state index contributed by atoms with van der Waals surface area (Å²) in [6, 6.07) is 14.0. The monoisotopic (exact) mass is 348 g/mol. The first-order valence-electron chi connectivity index (χ1n) is 8.86. The van der Waals surface area contributed by atoms with Crippen molar-refractivity contribution in [1.29, 1.82) is 0 Å². The molecule has 0 spiro atoms. The van der Waals surface area contributed by atoms with Crippen LogP contribution in [0.3, 0.4) is 0 Å². The van der Waals surface area contributed by atoms with Gasteiger partial charge in [0, 0.05) is 12.1 Å². The molecule has 3 aromatic rings. The van der Waals surface area contributed by atoms with E-state index in [0.717, 1.165) is 22.3 Å². The second kappa shape index (κ2) is 7.56. The fraction of sp³-hybridized carbons (Fsp3) is 0.273. The number of benzene rings is 2. The fourth-order valence-corrected chi connectivity index (χ4v) is 3.05. The zero-order valence-electron chi connectivity index (χ0n) is 15.7. The lowest BCUT2D eigenvalue weighted by Gasteiger charge is -2.12. The lowest BCUT2D eigenvalue weighted by atomic mass is 9.95. The summed E-state index contributed by atoms with van der Waals surface area (Å²) < 4.78 is 7.74. The Morgan fingerprint density at radius 3 is 2.50 bits per heavy atom. The van der Waals surface area contributed by atoms with Crippen LogP contribution in [0, 0.1) is 20.8 Å². The first-order valence-corrected chi connectivity index (χ1v) is 8.86. The van der Waals surface area contributed by atoms with Crippen LogP contribution < -0.4 is 4.74 Å². The average Bonchev–Trinajstić information content (AvgIpc) is 3.06. The van der Waals surface area contributed by atoms with Crippen molar-refractivity contribution in [3.8, 4) is 5.88 Å². The Balaban J connectivity index is 1.95. The molecular weight excluding hydrogens is 324 g/mol. The fourth-order valence-electron chi connectivity index (χ4n) is 3.05. The van der Waals surface area contributed by atoms with E-state index in [0.29, 0.717) is 30.2 Å². The topological polar surface area (TPSA) is 44.1 Å². The minimum absolute atomic E-state index is 0.0444. The molecule has 0 unspecified atom stereocenters. The van der Waals surface area contributed by atoms with Crippen molar-refractivity contribution in [2.45, 2.75) is 40.8 Å². The van der Waals surface area contributed by atoms with Crippen LogP contribution in [0.4, 0.5) is 0 Å². The van der Waals surface area contributed by atoms with Crippen molar-refractivity contribution in [3.63, 3.8) is 0 Å². The van der Waals surface area contributed by atoms with Crippen LogP contribution in [0.25, 0.3) is 0 Å². The van der Waals surface area contributed by atoms with Gasteiger partial charge in [-0.2, -0.15) is 5.10 Å². The van der Waals surface area contributed by atoms with Crippen molar-refractivity contribution in [2.24, 2.45) is 0 Å². The summed E-state index contributed by atoms with van der Waals surface area (Å²) >= 11 is 0. The Labute approximate surface area is 154 Å². The predicted octanol–water partition coefficient (Wildman–Crippen LogP) is 4.64. The molecule has 1 aromatic heterocycles. The molecule has 0 bridgehead atoms. The van der Waals surface area contributed by atoms with Crippen molar-refractivity contribution in [1.82, 2.24) is 9.78 Å². The quantitative estimate of drug-likeness (QED) is 0.610. The summed E-state index contributed by atoms with van der Waals surface area (Å²) in [7, 11) is 0. The number of aromatic nitrogens is 2. The van der Waals surface area contributed by atoms with Crippen LogP contribution in [0.1, 0.15) is 45.1 Å². The summed E-state index contributed by atoms with van der Waals surface area (Å²) in [4.78, 5) is 13.2. The zero-order valence-corrected chi connectivity index (χ0v) is 15.7.